The molecule has 1 atom stereocenters. The Morgan fingerprint density at radius 1 is 1.50 bits per heavy atom. The predicted octanol–water partition coefficient (Wildman–Crippen LogP) is 3.40. The second-order valence-electron chi connectivity index (χ2n) is 3.23. The van der Waals surface area contributed by atoms with Gasteiger partial charge in [-0.05, 0) is 30.4 Å². The van der Waals surface area contributed by atoms with Crippen molar-refractivity contribution in [2.75, 3.05) is 0 Å². The summed E-state index contributed by atoms with van der Waals surface area (Å²) in [5.41, 5.74) is 6.63. The van der Waals surface area contributed by atoms with Crippen LogP contribution in [-0.2, 0) is 0 Å². The number of halogens is 3. The molecule has 14 heavy (non-hydrogen) atoms. The van der Waals surface area contributed by atoms with Crippen LogP contribution >= 0.6 is 11.3 Å². The largest absolute Gasteiger partial charge is 0.389 e. The fourth-order valence-corrected chi connectivity index (χ4v) is 2.18. The summed E-state index contributed by atoms with van der Waals surface area (Å²) >= 11 is 1.42. The van der Waals surface area contributed by atoms with E-state index in [1.54, 1.807) is 0 Å². The fourth-order valence-electron chi connectivity index (χ4n) is 1.21. The molecule has 80 valence electrons. The number of hydrogen-bond acceptors (Lipinski definition) is 2. The molecule has 0 amide bonds. The van der Waals surface area contributed by atoms with Gasteiger partial charge in [0.2, 0.25) is 0 Å². The summed E-state index contributed by atoms with van der Waals surface area (Å²) in [5.74, 6) is 0. The lowest BCUT2D eigenvalue weighted by Crippen LogP contribution is -2.15. The van der Waals surface area contributed by atoms with Gasteiger partial charge in [-0.1, -0.05) is 0 Å². The monoisotopic (exact) mass is 223 g/mol. The van der Waals surface area contributed by atoms with Gasteiger partial charge in [-0.2, -0.15) is 13.2 Å². The van der Waals surface area contributed by atoms with E-state index in [0.29, 0.717) is 0 Å². The molecule has 1 aromatic heterocycles. The number of nitrogens with two attached hydrogens (primary N) is 1. The van der Waals surface area contributed by atoms with Gasteiger partial charge in [0.05, 0.1) is 0 Å². The molecular weight excluding hydrogens is 211 g/mol. The highest BCUT2D eigenvalue weighted by molar-refractivity contribution is 7.10. The molecule has 0 radical (unpaired) electrons. The molecule has 1 heterocycles. The number of rotatable bonds is 3. The average Bonchev–Trinajstić information content (AvgIpc) is 2.46. The highest BCUT2D eigenvalue weighted by Gasteiger charge is 2.28. The number of hydrogen-bond donors (Lipinski definition) is 1. The van der Waals surface area contributed by atoms with E-state index in [4.69, 9.17) is 5.73 Å². The first kappa shape index (κ1) is 11.5. The summed E-state index contributed by atoms with van der Waals surface area (Å²) in [7, 11) is 0. The van der Waals surface area contributed by atoms with Gasteiger partial charge >= 0.3 is 6.18 Å². The Labute approximate surface area is 84.7 Å². The summed E-state index contributed by atoms with van der Waals surface area (Å²) in [4.78, 5) is 0.856. The Balaban J connectivity index is 2.51. The summed E-state index contributed by atoms with van der Waals surface area (Å²) in [6, 6.07) is 1.38. The van der Waals surface area contributed by atoms with E-state index in [1.807, 2.05) is 18.4 Å². The van der Waals surface area contributed by atoms with Gasteiger partial charge < -0.3 is 5.73 Å². The summed E-state index contributed by atoms with van der Waals surface area (Å²) in [5, 5.41) is 1.85. The van der Waals surface area contributed by atoms with Crippen molar-refractivity contribution in [3.63, 3.8) is 0 Å². The summed E-state index contributed by atoms with van der Waals surface area (Å²) < 4.78 is 35.7. The maximum absolute atomic E-state index is 11.9. The van der Waals surface area contributed by atoms with Gasteiger partial charge in [-0.3, -0.25) is 0 Å². The first-order valence-corrected chi connectivity index (χ1v) is 5.14. The minimum Gasteiger partial charge on any atom is -0.323 e. The lowest BCUT2D eigenvalue weighted by Gasteiger charge is -2.12. The van der Waals surface area contributed by atoms with Crippen LogP contribution in [0.1, 0.15) is 29.3 Å². The van der Waals surface area contributed by atoms with Crippen LogP contribution in [0.5, 0.6) is 0 Å². The Bertz CT molecular complexity index is 292. The molecule has 0 aromatic carbocycles. The maximum Gasteiger partial charge on any atom is 0.389 e. The van der Waals surface area contributed by atoms with Crippen LogP contribution in [0.15, 0.2) is 11.4 Å². The molecule has 0 saturated heterocycles. The SMILES string of the molecule is Cc1ccsc1[C@H](N)CCC(F)(F)F. The van der Waals surface area contributed by atoms with E-state index < -0.39 is 18.6 Å². The molecular formula is C9H12F3NS. The molecule has 1 nitrogen and oxygen atoms in total. The van der Waals surface area contributed by atoms with E-state index in [-0.39, 0.29) is 6.42 Å². The van der Waals surface area contributed by atoms with E-state index >= 15 is 0 Å². The van der Waals surface area contributed by atoms with Gasteiger partial charge in [0.15, 0.2) is 0 Å². The third-order valence-corrected chi connectivity index (χ3v) is 3.13. The van der Waals surface area contributed by atoms with Gasteiger partial charge in [0.25, 0.3) is 0 Å². The number of thiophene rings is 1. The van der Waals surface area contributed by atoms with Gasteiger partial charge in [0.1, 0.15) is 0 Å². The van der Waals surface area contributed by atoms with Crippen molar-refractivity contribution in [3.8, 4) is 0 Å². The molecule has 0 aliphatic carbocycles. The van der Waals surface area contributed by atoms with E-state index in [0.717, 1.165) is 10.4 Å². The first-order valence-electron chi connectivity index (χ1n) is 4.26. The lowest BCUT2D eigenvalue weighted by atomic mass is 10.1. The molecule has 0 aliphatic rings. The summed E-state index contributed by atoms with van der Waals surface area (Å²) in [6.07, 6.45) is -4.96. The van der Waals surface area contributed by atoms with Crippen molar-refractivity contribution in [2.24, 2.45) is 5.73 Å². The topological polar surface area (TPSA) is 26.0 Å². The zero-order valence-electron chi connectivity index (χ0n) is 7.77. The van der Waals surface area contributed by atoms with E-state index in [1.165, 1.54) is 11.3 Å². The van der Waals surface area contributed by atoms with Crippen molar-refractivity contribution in [1.82, 2.24) is 0 Å². The minimum absolute atomic E-state index is 0.0369. The lowest BCUT2D eigenvalue weighted by molar-refractivity contribution is -0.136. The second kappa shape index (κ2) is 4.31. The normalized spacial score (nSPS) is 14.4. The Hall–Kier alpha value is -0.550. The van der Waals surface area contributed by atoms with Crippen LogP contribution in [0.4, 0.5) is 13.2 Å². The molecule has 1 aromatic rings. The van der Waals surface area contributed by atoms with Crippen molar-refractivity contribution < 1.29 is 13.2 Å². The Kier molecular flexibility index (Phi) is 3.55. The zero-order valence-corrected chi connectivity index (χ0v) is 8.58. The first-order chi connectivity index (χ1) is 6.40. The van der Waals surface area contributed by atoms with Crippen molar-refractivity contribution in [1.29, 1.82) is 0 Å². The van der Waals surface area contributed by atoms with Crippen LogP contribution in [0.2, 0.25) is 0 Å². The third-order valence-electron chi connectivity index (χ3n) is 1.98. The molecule has 0 bridgehead atoms. The standard InChI is InChI=1S/C9H12F3NS/c1-6-3-5-14-8(6)7(13)2-4-9(10,11)12/h3,5,7H,2,4,13H2,1H3/t7-/m1/s1. The molecule has 0 fully saturated rings. The van der Waals surface area contributed by atoms with Gasteiger partial charge in [-0.15, -0.1) is 11.3 Å². The quantitative estimate of drug-likeness (QED) is 0.835. The predicted molar refractivity (Wildman–Crippen MR) is 51.3 cm³/mol. The highest BCUT2D eigenvalue weighted by atomic mass is 32.1. The zero-order chi connectivity index (χ0) is 10.8. The minimum atomic E-state index is -4.11. The number of aryl methyl sites for hydroxylation is 1. The van der Waals surface area contributed by atoms with Crippen molar-refractivity contribution in [3.05, 3.63) is 21.9 Å². The Morgan fingerprint density at radius 2 is 2.14 bits per heavy atom. The van der Waals surface area contributed by atoms with E-state index in [2.05, 4.69) is 0 Å². The summed E-state index contributed by atoms with van der Waals surface area (Å²) in [6.45, 7) is 1.86. The van der Waals surface area contributed by atoms with E-state index in [9.17, 15) is 13.2 Å². The third kappa shape index (κ3) is 3.31. The molecule has 0 unspecified atom stereocenters. The van der Waals surface area contributed by atoms with Crippen LogP contribution in [-0.4, -0.2) is 6.18 Å². The van der Waals surface area contributed by atoms with Crippen molar-refractivity contribution >= 4 is 11.3 Å². The second-order valence-corrected chi connectivity index (χ2v) is 4.18. The highest BCUT2D eigenvalue weighted by Crippen LogP contribution is 2.29. The van der Waals surface area contributed by atoms with Gasteiger partial charge in [-0.25, -0.2) is 0 Å². The average molecular weight is 223 g/mol. The maximum atomic E-state index is 11.9. The van der Waals surface area contributed by atoms with Crippen LogP contribution in [0, 0.1) is 6.92 Å². The number of alkyl halides is 3. The van der Waals surface area contributed by atoms with Crippen molar-refractivity contribution in [2.45, 2.75) is 32.0 Å². The Morgan fingerprint density at radius 3 is 2.57 bits per heavy atom. The molecule has 0 aliphatic heterocycles. The fraction of sp³-hybridized carbons (Fsp3) is 0.556. The van der Waals surface area contributed by atoms with Crippen LogP contribution < -0.4 is 5.73 Å². The molecule has 0 saturated carbocycles. The molecule has 2 N–H and O–H groups in total. The molecule has 0 spiro atoms. The molecule has 5 heteroatoms. The van der Waals surface area contributed by atoms with Gasteiger partial charge in [0, 0.05) is 17.3 Å². The molecule has 1 rings (SSSR count). The van der Waals surface area contributed by atoms with Crippen LogP contribution in [0.25, 0.3) is 0 Å². The smallest absolute Gasteiger partial charge is 0.323 e. The van der Waals surface area contributed by atoms with Crippen LogP contribution in [0.3, 0.4) is 0 Å².